The van der Waals surface area contributed by atoms with Crippen LogP contribution in [-0.4, -0.2) is 56.4 Å². The SMILES string of the molecule is COc1cc(Nc2nc(NCCO)c3c(n2)N(c2ccc(F)cc2)CC3(C)C)cnc1-n1cnc(C)c1. The van der Waals surface area contributed by atoms with E-state index in [1.165, 1.54) is 12.1 Å². The molecule has 1 aliphatic rings. The third kappa shape index (κ3) is 4.77. The molecule has 0 fully saturated rings. The van der Waals surface area contributed by atoms with Gasteiger partial charge in [0.2, 0.25) is 5.95 Å². The van der Waals surface area contributed by atoms with Gasteiger partial charge >= 0.3 is 0 Å². The normalized spacial score (nSPS) is 13.9. The van der Waals surface area contributed by atoms with E-state index in [0.29, 0.717) is 47.9 Å². The molecular weight excluding hydrogens is 475 g/mol. The molecule has 0 spiro atoms. The first-order chi connectivity index (χ1) is 17.8. The van der Waals surface area contributed by atoms with E-state index < -0.39 is 0 Å². The second kappa shape index (κ2) is 9.66. The zero-order valence-electron chi connectivity index (χ0n) is 21.2. The molecular formula is C26H29FN8O2. The van der Waals surface area contributed by atoms with Crippen molar-refractivity contribution in [2.75, 3.05) is 42.3 Å². The minimum atomic E-state index is -0.298. The van der Waals surface area contributed by atoms with Gasteiger partial charge in [-0.05, 0) is 31.2 Å². The predicted molar refractivity (Wildman–Crippen MR) is 140 cm³/mol. The number of aliphatic hydroxyl groups excluding tert-OH is 1. The topological polar surface area (TPSA) is 113 Å². The van der Waals surface area contributed by atoms with Crippen molar-refractivity contribution >= 4 is 29.0 Å². The van der Waals surface area contributed by atoms with E-state index in [9.17, 15) is 9.50 Å². The maximum absolute atomic E-state index is 13.6. The third-order valence-corrected chi connectivity index (χ3v) is 6.18. The molecule has 37 heavy (non-hydrogen) atoms. The van der Waals surface area contributed by atoms with Crippen molar-refractivity contribution in [3.8, 4) is 11.6 Å². The van der Waals surface area contributed by atoms with Crippen LogP contribution in [0.2, 0.25) is 0 Å². The minimum absolute atomic E-state index is 0.0417. The van der Waals surface area contributed by atoms with Crippen molar-refractivity contribution in [2.24, 2.45) is 0 Å². The van der Waals surface area contributed by atoms with Crippen LogP contribution < -0.4 is 20.3 Å². The molecule has 11 heteroatoms. The molecule has 0 saturated carbocycles. The summed E-state index contributed by atoms with van der Waals surface area (Å²) >= 11 is 0. The van der Waals surface area contributed by atoms with Crippen molar-refractivity contribution in [1.29, 1.82) is 0 Å². The molecule has 5 rings (SSSR count). The number of aryl methyl sites for hydroxylation is 1. The van der Waals surface area contributed by atoms with Gasteiger partial charge in [-0.2, -0.15) is 9.97 Å². The number of hydrogen-bond acceptors (Lipinski definition) is 9. The number of rotatable bonds is 8. The molecule has 3 N–H and O–H groups in total. The van der Waals surface area contributed by atoms with Gasteiger partial charge in [-0.1, -0.05) is 13.8 Å². The van der Waals surface area contributed by atoms with Crippen molar-refractivity contribution in [2.45, 2.75) is 26.2 Å². The Morgan fingerprint density at radius 2 is 1.92 bits per heavy atom. The highest BCUT2D eigenvalue weighted by Gasteiger charge is 2.40. The highest BCUT2D eigenvalue weighted by molar-refractivity contribution is 5.76. The Kier molecular flexibility index (Phi) is 6.38. The predicted octanol–water partition coefficient (Wildman–Crippen LogP) is 4.09. The van der Waals surface area contributed by atoms with Crippen molar-refractivity contribution in [1.82, 2.24) is 24.5 Å². The number of imidazole rings is 1. The van der Waals surface area contributed by atoms with Gasteiger partial charge in [0, 0.05) is 42.0 Å². The van der Waals surface area contributed by atoms with E-state index in [1.54, 1.807) is 36.3 Å². The number of hydrogen-bond donors (Lipinski definition) is 3. The summed E-state index contributed by atoms with van der Waals surface area (Å²) < 4.78 is 21.0. The Morgan fingerprint density at radius 3 is 2.59 bits per heavy atom. The van der Waals surface area contributed by atoms with Crippen LogP contribution in [0, 0.1) is 12.7 Å². The first kappa shape index (κ1) is 24.4. The van der Waals surface area contributed by atoms with E-state index in [4.69, 9.17) is 14.7 Å². The Balaban J connectivity index is 1.55. The lowest BCUT2D eigenvalue weighted by atomic mass is 9.88. The molecule has 192 valence electrons. The summed E-state index contributed by atoms with van der Waals surface area (Å²) in [5.74, 6) is 2.54. The lowest BCUT2D eigenvalue weighted by Gasteiger charge is -2.22. The number of aromatic nitrogens is 5. The number of nitrogens with one attached hydrogen (secondary N) is 2. The Hall–Kier alpha value is -4.25. The lowest BCUT2D eigenvalue weighted by molar-refractivity contribution is 0.311. The van der Waals surface area contributed by atoms with Gasteiger partial charge in [0.25, 0.3) is 0 Å². The van der Waals surface area contributed by atoms with Gasteiger partial charge in [0.05, 0.1) is 31.3 Å². The lowest BCUT2D eigenvalue weighted by Crippen LogP contribution is -2.25. The highest BCUT2D eigenvalue weighted by Crippen LogP contribution is 2.46. The molecule has 4 aromatic rings. The number of aliphatic hydroxyl groups is 1. The Bertz CT molecular complexity index is 1420. The maximum atomic E-state index is 13.6. The molecule has 1 aromatic carbocycles. The number of pyridine rings is 1. The number of halogens is 1. The number of ether oxygens (including phenoxy) is 1. The number of nitrogens with zero attached hydrogens (tertiary/aromatic N) is 6. The molecule has 10 nitrogen and oxygen atoms in total. The average molecular weight is 505 g/mol. The monoisotopic (exact) mass is 504 g/mol. The second-order valence-electron chi connectivity index (χ2n) is 9.49. The Morgan fingerprint density at radius 1 is 1.14 bits per heavy atom. The van der Waals surface area contributed by atoms with E-state index in [0.717, 1.165) is 16.9 Å². The number of anilines is 5. The van der Waals surface area contributed by atoms with Crippen LogP contribution in [0.5, 0.6) is 5.75 Å². The zero-order chi connectivity index (χ0) is 26.2. The van der Waals surface area contributed by atoms with Crippen LogP contribution in [0.4, 0.5) is 33.3 Å². The molecule has 3 aromatic heterocycles. The summed E-state index contributed by atoms with van der Waals surface area (Å²) in [5.41, 5.74) is 2.96. The molecule has 0 radical (unpaired) electrons. The minimum Gasteiger partial charge on any atom is -0.493 e. The Labute approximate surface area is 214 Å². The number of methoxy groups -OCH3 is 1. The first-order valence-corrected chi connectivity index (χ1v) is 11.9. The summed E-state index contributed by atoms with van der Waals surface area (Å²) in [4.78, 5) is 20.5. The van der Waals surface area contributed by atoms with Gasteiger partial charge < -0.3 is 25.4 Å². The largest absolute Gasteiger partial charge is 0.493 e. The quantitative estimate of drug-likeness (QED) is 0.326. The van der Waals surface area contributed by atoms with Crippen LogP contribution in [0.25, 0.3) is 5.82 Å². The van der Waals surface area contributed by atoms with Crippen LogP contribution in [0.15, 0.2) is 49.1 Å². The molecule has 0 saturated heterocycles. The van der Waals surface area contributed by atoms with Crippen LogP contribution in [-0.2, 0) is 5.41 Å². The van der Waals surface area contributed by atoms with Crippen LogP contribution in [0.3, 0.4) is 0 Å². The van der Waals surface area contributed by atoms with E-state index >= 15 is 0 Å². The summed E-state index contributed by atoms with van der Waals surface area (Å²) in [7, 11) is 1.58. The van der Waals surface area contributed by atoms with Gasteiger partial charge in [0.15, 0.2) is 11.6 Å². The second-order valence-corrected chi connectivity index (χ2v) is 9.49. The summed E-state index contributed by atoms with van der Waals surface area (Å²) in [6.45, 7) is 7.06. The fourth-order valence-electron chi connectivity index (χ4n) is 4.53. The van der Waals surface area contributed by atoms with Crippen molar-refractivity contribution in [3.05, 3.63) is 66.1 Å². The molecule has 0 aliphatic carbocycles. The summed E-state index contributed by atoms with van der Waals surface area (Å²) in [5, 5.41) is 15.9. The highest BCUT2D eigenvalue weighted by atomic mass is 19.1. The molecule has 1 aliphatic heterocycles. The summed E-state index contributed by atoms with van der Waals surface area (Å²) in [6, 6.07) is 8.17. The fourth-order valence-corrected chi connectivity index (χ4v) is 4.53. The third-order valence-electron chi connectivity index (χ3n) is 6.18. The van der Waals surface area contributed by atoms with Gasteiger partial charge in [0.1, 0.15) is 23.8 Å². The molecule has 4 heterocycles. The standard InChI is InChI=1S/C26H29FN8O2/c1-16-13-34(15-30-16)23-20(37-4)11-18(12-29-23)31-25-32-22(28-9-10-36)21-24(33-25)35(14-26(21,2)3)19-7-5-17(27)6-8-19/h5-8,11-13,15,36H,9-10,14H2,1-4H3,(H2,28,31,32,33). The van der Waals surface area contributed by atoms with Crippen molar-refractivity contribution < 1.29 is 14.2 Å². The van der Waals surface area contributed by atoms with Crippen LogP contribution >= 0.6 is 0 Å². The smallest absolute Gasteiger partial charge is 0.231 e. The molecule has 0 unspecified atom stereocenters. The van der Waals surface area contributed by atoms with Gasteiger partial charge in [-0.25, -0.2) is 14.4 Å². The zero-order valence-corrected chi connectivity index (χ0v) is 21.2. The van der Waals surface area contributed by atoms with Crippen molar-refractivity contribution in [3.63, 3.8) is 0 Å². The summed E-state index contributed by atoms with van der Waals surface area (Å²) in [6.07, 6.45) is 5.22. The van der Waals surface area contributed by atoms with Gasteiger partial charge in [-0.15, -0.1) is 0 Å². The molecule has 0 atom stereocenters. The van der Waals surface area contributed by atoms with Gasteiger partial charge in [-0.3, -0.25) is 4.57 Å². The molecule has 0 bridgehead atoms. The maximum Gasteiger partial charge on any atom is 0.231 e. The fraction of sp³-hybridized carbons (Fsp3) is 0.308. The van der Waals surface area contributed by atoms with E-state index in [1.807, 2.05) is 19.2 Å². The van der Waals surface area contributed by atoms with E-state index in [2.05, 4.69) is 39.3 Å². The average Bonchev–Trinajstić information content (AvgIpc) is 3.43. The first-order valence-electron chi connectivity index (χ1n) is 11.9. The number of benzene rings is 1. The van der Waals surface area contributed by atoms with Crippen LogP contribution in [0.1, 0.15) is 25.1 Å². The number of fused-ring (bicyclic) bond motifs is 1. The van der Waals surface area contributed by atoms with E-state index in [-0.39, 0.29) is 17.8 Å². The molecule has 0 amide bonds.